The number of hydrogen-bond acceptors (Lipinski definition) is 6. The van der Waals surface area contributed by atoms with Crippen molar-refractivity contribution in [1.29, 1.82) is 0 Å². The third kappa shape index (κ3) is 14.8. The molecular formula is C112H84Cl2O6. The first-order valence-corrected chi connectivity index (χ1v) is 39.6. The van der Waals surface area contributed by atoms with Gasteiger partial charge in [0.1, 0.15) is 17.3 Å². The topological polar surface area (TPSA) is 102 Å². The highest BCUT2D eigenvalue weighted by atomic mass is 35.5. The minimum Gasteiger partial charge on any atom is -0.300 e. The van der Waals surface area contributed by atoms with Gasteiger partial charge in [0.2, 0.25) is 11.6 Å². The summed E-state index contributed by atoms with van der Waals surface area (Å²) < 4.78 is 0. The molecule has 0 atom stereocenters. The van der Waals surface area contributed by atoms with Crippen LogP contribution in [0.1, 0.15) is 106 Å². The predicted octanol–water partition coefficient (Wildman–Crippen LogP) is 28.5. The number of Topliss-reactive ketones (excluding diaryl/α,β-unsaturated/α-hetero) is 6. The van der Waals surface area contributed by atoms with Gasteiger partial charge in [0.05, 0.1) is 0 Å². The molecule has 120 heavy (non-hydrogen) atoms. The molecule has 6 nitrogen and oxygen atoms in total. The molecule has 5 aliphatic carbocycles. The summed E-state index contributed by atoms with van der Waals surface area (Å²) in [5.41, 5.74) is 19.3. The highest BCUT2D eigenvalue weighted by molar-refractivity contribution is 6.61. The minimum absolute atomic E-state index is 0. The van der Waals surface area contributed by atoms with Gasteiger partial charge in [0.15, 0.2) is 5.78 Å². The Morgan fingerprint density at radius 1 is 0.225 bits per heavy atom. The molecule has 582 valence electrons. The fourth-order valence-electron chi connectivity index (χ4n) is 18.1. The average molecular weight is 1600 g/mol. The maximum Gasteiger partial charge on any atom is 0.234 e. The van der Waals surface area contributed by atoms with Crippen LogP contribution >= 0.6 is 24.8 Å². The molecule has 0 aliphatic heterocycles. The molecule has 0 N–H and O–H groups in total. The Kier molecular flexibility index (Phi) is 23.6. The molecule has 0 heterocycles. The Hall–Kier alpha value is -14.1. The fourth-order valence-corrected chi connectivity index (χ4v) is 18.1. The first-order valence-electron chi connectivity index (χ1n) is 39.6. The van der Waals surface area contributed by atoms with Crippen molar-refractivity contribution in [3.8, 4) is 22.3 Å². The van der Waals surface area contributed by atoms with Crippen LogP contribution in [0.4, 0.5) is 0 Å². The van der Waals surface area contributed by atoms with Crippen molar-refractivity contribution in [1.82, 2.24) is 0 Å². The smallest absolute Gasteiger partial charge is 0.234 e. The molecule has 0 amide bonds. The zero-order chi connectivity index (χ0) is 78.3. The SMILES string of the molecule is C.C.C1=Cc2cccc3cccc1c23.Cl.Cl.O=C(Cc1ccccc1)Cc1ccccc1.O=C1C(=O)c2cccc3cccc1c23.O=C1C(c2ccccc2)=C2C(=C1c1ccccc1)c1cccc3cccc2c13.O=C1CCC(=O)CC1.c1ccc(-c2c3c4cccc5cccc(c3c(-c3ccccc3)c3c6cccc7cccc(c23)c76)c54)cc1. The lowest BCUT2D eigenvalue weighted by Gasteiger charge is -2.15. The number of fused-ring (bicyclic) bond motifs is 9. The highest BCUT2D eigenvalue weighted by Crippen LogP contribution is 2.58. The third-order valence-corrected chi connectivity index (χ3v) is 23.1. The van der Waals surface area contributed by atoms with E-state index in [9.17, 15) is 28.8 Å². The monoisotopic (exact) mass is 1590 g/mol. The normalized spacial score (nSPS) is 13.0. The van der Waals surface area contributed by atoms with E-state index in [1.54, 1.807) is 24.3 Å². The van der Waals surface area contributed by atoms with Crippen molar-refractivity contribution in [2.45, 2.75) is 53.4 Å². The summed E-state index contributed by atoms with van der Waals surface area (Å²) in [6.45, 7) is 0. The zero-order valence-electron chi connectivity index (χ0n) is 64.3. The number of carbonyl (C=O) groups is 6. The van der Waals surface area contributed by atoms with Gasteiger partial charge in [-0.3, -0.25) is 28.8 Å². The van der Waals surface area contributed by atoms with Crippen LogP contribution in [0.5, 0.6) is 0 Å². The van der Waals surface area contributed by atoms with E-state index in [0.717, 1.165) is 55.3 Å². The number of ketones is 6. The summed E-state index contributed by atoms with van der Waals surface area (Å²) in [6, 6.07) is 126. The van der Waals surface area contributed by atoms with E-state index in [0.29, 0.717) is 49.7 Å². The van der Waals surface area contributed by atoms with Gasteiger partial charge in [-0.15, -0.1) is 24.8 Å². The largest absolute Gasteiger partial charge is 0.300 e. The van der Waals surface area contributed by atoms with Gasteiger partial charge < -0.3 is 0 Å². The Bertz CT molecular complexity index is 6730. The second kappa shape index (κ2) is 35.0. The first-order chi connectivity index (χ1) is 57.1. The molecule has 1 saturated carbocycles. The van der Waals surface area contributed by atoms with Gasteiger partial charge in [-0.1, -0.05) is 391 Å². The van der Waals surface area contributed by atoms with Gasteiger partial charge >= 0.3 is 0 Å². The fraction of sp³-hybridized carbons (Fsp3) is 0.0714. The van der Waals surface area contributed by atoms with E-state index in [-0.39, 0.29) is 74.4 Å². The number of allylic oxidation sites excluding steroid dienone is 4. The maximum atomic E-state index is 13.7. The molecule has 19 aromatic carbocycles. The second-order valence-corrected chi connectivity index (χ2v) is 30.1. The third-order valence-electron chi connectivity index (χ3n) is 23.1. The summed E-state index contributed by atoms with van der Waals surface area (Å²) in [5.74, 6) is 0.106. The van der Waals surface area contributed by atoms with Crippen molar-refractivity contribution in [2.24, 2.45) is 0 Å². The lowest BCUT2D eigenvalue weighted by molar-refractivity contribution is -0.128. The Balaban J connectivity index is 0.000000120. The molecule has 0 radical (unpaired) electrons. The summed E-state index contributed by atoms with van der Waals surface area (Å²) in [6.07, 6.45) is 7.34. The van der Waals surface area contributed by atoms with Crippen molar-refractivity contribution in [2.75, 3.05) is 0 Å². The Morgan fingerprint density at radius 2 is 0.483 bits per heavy atom. The number of rotatable bonds is 8. The van der Waals surface area contributed by atoms with Crippen molar-refractivity contribution >= 4 is 191 Å². The molecule has 0 unspecified atom stereocenters. The Morgan fingerprint density at radius 3 is 0.808 bits per heavy atom. The molecule has 1 fully saturated rings. The molecule has 19 aromatic rings. The van der Waals surface area contributed by atoms with Gasteiger partial charge in [-0.25, -0.2) is 0 Å². The average Bonchev–Trinajstić information content (AvgIpc) is 1.52. The van der Waals surface area contributed by atoms with Gasteiger partial charge in [-0.05, 0) is 158 Å². The summed E-state index contributed by atoms with van der Waals surface area (Å²) >= 11 is 0. The molecule has 8 heteroatoms. The van der Waals surface area contributed by atoms with Crippen LogP contribution < -0.4 is 0 Å². The minimum atomic E-state index is -0.378. The van der Waals surface area contributed by atoms with E-state index in [1.165, 1.54) is 131 Å². The van der Waals surface area contributed by atoms with Crippen LogP contribution in [0.3, 0.4) is 0 Å². The summed E-state index contributed by atoms with van der Waals surface area (Å²) in [7, 11) is 0. The van der Waals surface area contributed by atoms with Crippen LogP contribution in [0, 0.1) is 0 Å². The molecule has 0 saturated heterocycles. The lowest BCUT2D eigenvalue weighted by atomic mass is 9.87. The van der Waals surface area contributed by atoms with E-state index in [4.69, 9.17) is 0 Å². The summed E-state index contributed by atoms with van der Waals surface area (Å²) in [4.78, 5) is 69.5. The molecular weight excluding hydrogens is 1510 g/mol. The summed E-state index contributed by atoms with van der Waals surface area (Å²) in [5, 5.41) is 23.2. The van der Waals surface area contributed by atoms with Crippen LogP contribution in [-0.2, 0) is 32.0 Å². The van der Waals surface area contributed by atoms with Crippen LogP contribution in [0.2, 0.25) is 0 Å². The van der Waals surface area contributed by atoms with Crippen LogP contribution in [-0.4, -0.2) is 34.7 Å². The zero-order valence-corrected chi connectivity index (χ0v) is 65.9. The van der Waals surface area contributed by atoms with Crippen molar-refractivity contribution in [3.05, 3.63) is 420 Å². The van der Waals surface area contributed by atoms with Gasteiger partial charge in [-0.2, -0.15) is 0 Å². The van der Waals surface area contributed by atoms with Crippen LogP contribution in [0.25, 0.3) is 154 Å². The van der Waals surface area contributed by atoms with Crippen LogP contribution in [0.15, 0.2) is 364 Å². The van der Waals surface area contributed by atoms with E-state index in [1.807, 2.05) is 133 Å². The Labute approximate surface area is 710 Å². The highest BCUT2D eigenvalue weighted by Gasteiger charge is 2.40. The molecule has 0 aromatic heterocycles. The standard InChI is InChI=1S/C38H22.C27H16O.C15H14O.C12H6O2.C12H8.C6H8O2.2CH4.2ClH/c1-3-11-25(12-4-1)33-35-27-19-7-15-23-17-9-21-29(31(23)27)37(35)34(26-13-5-2-6-14-26)38-30-22-10-18-24-16-8-20-28(32(24)30)36(33)38;28-27-23(18-9-3-1-4-10-18)25-20-15-7-13-17-14-8-16-21(22(17)20)26(25)24(27)19-11-5-2-6-12-19;16-15(11-13-7-3-1-4-8-13)12-14-9-5-2-6-10-14;13-11-8-5-1-3-7-4-2-6-9(10(7)8)12(11)14;1-3-9-4-2-6-11-8-7-10(5-1)12(9)11;7-5-1-2-6(8)4-3-5;;;;/h1-22H;1-16H;1-10H,11-12H2;1-6H;1-8H;1-4H2;2*1H4;2*1H. The van der Waals surface area contributed by atoms with Gasteiger partial charge in [0.25, 0.3) is 0 Å². The van der Waals surface area contributed by atoms with E-state index < -0.39 is 0 Å². The lowest BCUT2D eigenvalue weighted by Crippen LogP contribution is -2.12. The number of benzene rings is 17. The molecule has 0 spiro atoms. The first kappa shape index (κ1) is 81.0. The second-order valence-electron chi connectivity index (χ2n) is 30.1. The van der Waals surface area contributed by atoms with Gasteiger partial charge in [0, 0.05) is 77.3 Å². The predicted molar refractivity (Wildman–Crippen MR) is 507 cm³/mol. The number of halogens is 2. The molecule has 5 aliphatic rings. The van der Waals surface area contributed by atoms with Crippen molar-refractivity contribution < 1.29 is 28.8 Å². The van der Waals surface area contributed by atoms with E-state index in [2.05, 4.69) is 218 Å². The molecule has 24 rings (SSSR count). The maximum absolute atomic E-state index is 13.7. The molecule has 0 bridgehead atoms. The number of carbonyl (C=O) groups excluding carboxylic acids is 6. The number of hydrogen-bond donors (Lipinski definition) is 0. The quantitative estimate of drug-likeness (QED) is 0.140. The van der Waals surface area contributed by atoms with Crippen molar-refractivity contribution in [3.63, 3.8) is 0 Å². The van der Waals surface area contributed by atoms with E-state index >= 15 is 0 Å².